The first-order valence-corrected chi connectivity index (χ1v) is 9.94. The molecule has 0 aromatic heterocycles. The first-order valence-electron chi connectivity index (χ1n) is 9.94. The van der Waals surface area contributed by atoms with Crippen LogP contribution in [0.15, 0.2) is 78.5 Å². The number of carbonyl (C=O) groups excluding carboxylic acids is 2. The number of amides is 2. The van der Waals surface area contributed by atoms with Gasteiger partial charge in [0.25, 0.3) is 11.8 Å². The van der Waals surface area contributed by atoms with Crippen LogP contribution < -0.4 is 9.80 Å². The van der Waals surface area contributed by atoms with E-state index in [2.05, 4.69) is 0 Å². The molecule has 0 atom stereocenters. The zero-order valence-electron chi connectivity index (χ0n) is 17.6. The van der Waals surface area contributed by atoms with Gasteiger partial charge in [-0.25, -0.2) is 4.90 Å². The average molecular weight is 396 g/mol. The number of likely N-dealkylation sites (N-methyl/N-ethyl adjacent to an activating group) is 1. The Balaban J connectivity index is 1.90. The molecule has 2 amide bonds. The fourth-order valence-electron chi connectivity index (χ4n) is 3.77. The number of nitrogens with zero attached hydrogens (tertiary/aromatic N) is 2. The summed E-state index contributed by atoms with van der Waals surface area (Å²) in [6, 6.07) is 23.2. The van der Waals surface area contributed by atoms with Crippen LogP contribution in [0.3, 0.4) is 0 Å². The number of benzene rings is 3. The van der Waals surface area contributed by atoms with E-state index in [1.807, 2.05) is 101 Å². The van der Waals surface area contributed by atoms with Crippen LogP contribution in [0.4, 0.5) is 11.4 Å². The first-order chi connectivity index (χ1) is 14.4. The van der Waals surface area contributed by atoms with Crippen molar-refractivity contribution < 1.29 is 9.59 Å². The molecule has 3 aromatic rings. The maximum atomic E-state index is 13.7. The number of aryl methyl sites for hydroxylation is 3. The predicted octanol–water partition coefficient (Wildman–Crippen LogP) is 5.03. The second-order valence-electron chi connectivity index (χ2n) is 7.72. The van der Waals surface area contributed by atoms with Gasteiger partial charge >= 0.3 is 0 Å². The molecule has 4 rings (SSSR count). The minimum Gasteiger partial charge on any atom is -0.339 e. The predicted molar refractivity (Wildman–Crippen MR) is 121 cm³/mol. The van der Waals surface area contributed by atoms with Gasteiger partial charge in [-0.3, -0.25) is 9.59 Å². The molecule has 4 nitrogen and oxygen atoms in total. The van der Waals surface area contributed by atoms with E-state index < -0.39 is 0 Å². The molecule has 1 heterocycles. The second kappa shape index (κ2) is 7.64. The fourth-order valence-corrected chi connectivity index (χ4v) is 3.77. The van der Waals surface area contributed by atoms with Gasteiger partial charge in [0.2, 0.25) is 0 Å². The number of rotatable bonds is 4. The number of anilines is 2. The lowest BCUT2D eigenvalue weighted by Crippen LogP contribution is -2.34. The van der Waals surface area contributed by atoms with Crippen LogP contribution in [0.5, 0.6) is 0 Å². The molecule has 0 saturated heterocycles. The van der Waals surface area contributed by atoms with Gasteiger partial charge in [0.15, 0.2) is 0 Å². The number of carbonyl (C=O) groups is 2. The molecule has 0 aliphatic carbocycles. The van der Waals surface area contributed by atoms with Gasteiger partial charge in [-0.15, -0.1) is 0 Å². The molecule has 1 aliphatic rings. The summed E-state index contributed by atoms with van der Waals surface area (Å²) in [5, 5.41) is 0. The molecule has 1 aliphatic heterocycles. The van der Waals surface area contributed by atoms with E-state index in [1.165, 1.54) is 4.90 Å². The van der Waals surface area contributed by atoms with Gasteiger partial charge < -0.3 is 4.90 Å². The van der Waals surface area contributed by atoms with Crippen LogP contribution in [-0.2, 0) is 9.59 Å². The van der Waals surface area contributed by atoms with E-state index in [1.54, 1.807) is 4.90 Å². The highest BCUT2D eigenvalue weighted by Crippen LogP contribution is 2.37. The highest BCUT2D eigenvalue weighted by Gasteiger charge is 2.42. The Morgan fingerprint density at radius 1 is 0.733 bits per heavy atom. The SMILES string of the molecule is Cc1ccc(C2=C(N(C)c3ccccc3)C(=O)N(c3cc(C)ccc3C)C2=O)cc1. The van der Waals surface area contributed by atoms with E-state index in [0.717, 1.165) is 27.9 Å². The van der Waals surface area contributed by atoms with Crippen molar-refractivity contribution in [2.24, 2.45) is 0 Å². The molecule has 0 bridgehead atoms. The summed E-state index contributed by atoms with van der Waals surface area (Å²) in [6.45, 7) is 5.87. The quantitative estimate of drug-likeness (QED) is 0.581. The molecule has 3 aromatic carbocycles. The Morgan fingerprint density at radius 2 is 1.37 bits per heavy atom. The van der Waals surface area contributed by atoms with E-state index in [-0.39, 0.29) is 11.8 Å². The summed E-state index contributed by atoms with van der Waals surface area (Å²) in [7, 11) is 1.83. The monoisotopic (exact) mass is 396 g/mol. The normalized spacial score (nSPS) is 13.9. The third-order valence-corrected chi connectivity index (χ3v) is 5.48. The van der Waals surface area contributed by atoms with Crippen LogP contribution in [-0.4, -0.2) is 18.9 Å². The Morgan fingerprint density at radius 3 is 2.03 bits per heavy atom. The maximum absolute atomic E-state index is 13.7. The van der Waals surface area contributed by atoms with E-state index in [4.69, 9.17) is 0 Å². The van der Waals surface area contributed by atoms with Gasteiger partial charge in [0.05, 0.1) is 11.3 Å². The average Bonchev–Trinajstić information content (AvgIpc) is 3.00. The molecule has 0 saturated carbocycles. The van der Waals surface area contributed by atoms with E-state index in [9.17, 15) is 9.59 Å². The van der Waals surface area contributed by atoms with Crippen LogP contribution >= 0.6 is 0 Å². The van der Waals surface area contributed by atoms with Gasteiger partial charge in [-0.2, -0.15) is 0 Å². The molecule has 150 valence electrons. The van der Waals surface area contributed by atoms with Crippen LogP contribution in [0, 0.1) is 20.8 Å². The first kappa shape index (κ1) is 19.6. The lowest BCUT2D eigenvalue weighted by atomic mass is 10.0. The molecule has 30 heavy (non-hydrogen) atoms. The van der Waals surface area contributed by atoms with Gasteiger partial charge in [-0.05, 0) is 55.7 Å². The minimum atomic E-state index is -0.310. The number of imide groups is 1. The van der Waals surface area contributed by atoms with Crippen LogP contribution in [0.2, 0.25) is 0 Å². The zero-order chi connectivity index (χ0) is 21.4. The summed E-state index contributed by atoms with van der Waals surface area (Å²) in [5.74, 6) is -0.606. The fraction of sp³-hybridized carbons (Fsp3) is 0.154. The molecular formula is C26H24N2O2. The molecule has 0 radical (unpaired) electrons. The van der Waals surface area contributed by atoms with Crippen molar-refractivity contribution in [2.75, 3.05) is 16.8 Å². The van der Waals surface area contributed by atoms with Gasteiger partial charge in [-0.1, -0.05) is 60.2 Å². The van der Waals surface area contributed by atoms with Crippen molar-refractivity contribution in [3.63, 3.8) is 0 Å². The van der Waals surface area contributed by atoms with Crippen molar-refractivity contribution >= 4 is 28.8 Å². The van der Waals surface area contributed by atoms with Gasteiger partial charge in [0, 0.05) is 12.7 Å². The van der Waals surface area contributed by atoms with Crippen molar-refractivity contribution in [2.45, 2.75) is 20.8 Å². The Bertz CT molecular complexity index is 1160. The third kappa shape index (κ3) is 3.30. The molecule has 0 spiro atoms. The van der Waals surface area contributed by atoms with Crippen molar-refractivity contribution in [3.05, 3.63) is 101 Å². The standard InChI is InChI=1S/C26H24N2O2/c1-17-11-14-20(15-12-17)23-24(27(4)21-8-6-5-7-9-21)26(30)28(25(23)29)22-16-18(2)10-13-19(22)3/h5-16H,1-4H3. The number of hydrogen-bond acceptors (Lipinski definition) is 3. The second-order valence-corrected chi connectivity index (χ2v) is 7.72. The summed E-state index contributed by atoms with van der Waals surface area (Å²) in [4.78, 5) is 30.4. The smallest absolute Gasteiger partial charge is 0.282 e. The third-order valence-electron chi connectivity index (χ3n) is 5.48. The van der Waals surface area contributed by atoms with E-state index >= 15 is 0 Å². The number of para-hydroxylation sites is 1. The van der Waals surface area contributed by atoms with Crippen molar-refractivity contribution in [1.82, 2.24) is 0 Å². The Hall–Kier alpha value is -3.66. The van der Waals surface area contributed by atoms with E-state index in [0.29, 0.717) is 17.0 Å². The van der Waals surface area contributed by atoms with Gasteiger partial charge in [0.1, 0.15) is 5.70 Å². The largest absolute Gasteiger partial charge is 0.339 e. The summed E-state index contributed by atoms with van der Waals surface area (Å²) in [6.07, 6.45) is 0. The Labute approximate surface area is 177 Å². The lowest BCUT2D eigenvalue weighted by molar-refractivity contribution is -0.120. The van der Waals surface area contributed by atoms with Crippen molar-refractivity contribution in [1.29, 1.82) is 0 Å². The summed E-state index contributed by atoms with van der Waals surface area (Å²) >= 11 is 0. The molecule has 0 N–H and O–H groups in total. The summed E-state index contributed by atoms with van der Waals surface area (Å²) in [5.41, 5.74) is 6.01. The lowest BCUT2D eigenvalue weighted by Gasteiger charge is -2.22. The molecule has 0 unspecified atom stereocenters. The molecule has 4 heteroatoms. The highest BCUT2D eigenvalue weighted by atomic mass is 16.2. The maximum Gasteiger partial charge on any atom is 0.282 e. The van der Waals surface area contributed by atoms with Crippen molar-refractivity contribution in [3.8, 4) is 0 Å². The zero-order valence-corrected chi connectivity index (χ0v) is 17.6. The topological polar surface area (TPSA) is 40.6 Å². The van der Waals surface area contributed by atoms with Crippen LogP contribution in [0.1, 0.15) is 22.3 Å². The molecular weight excluding hydrogens is 372 g/mol. The summed E-state index contributed by atoms with van der Waals surface area (Å²) < 4.78 is 0. The minimum absolute atomic E-state index is 0.296. The van der Waals surface area contributed by atoms with Crippen LogP contribution in [0.25, 0.3) is 5.57 Å². The molecule has 0 fully saturated rings. The highest BCUT2D eigenvalue weighted by molar-refractivity contribution is 6.46. The number of hydrogen-bond donors (Lipinski definition) is 0. The Kier molecular flexibility index (Phi) is 5.00.